The minimum atomic E-state index is 0.366. The Balaban J connectivity index is 2.22. The van der Waals surface area contributed by atoms with Crippen molar-refractivity contribution in [2.45, 2.75) is 19.8 Å². The average Bonchev–Trinajstić information content (AvgIpc) is 2.69. The van der Waals surface area contributed by atoms with Crippen molar-refractivity contribution in [2.24, 2.45) is 11.3 Å². The molecule has 1 saturated carbocycles. The van der Waals surface area contributed by atoms with Gasteiger partial charge in [-0.1, -0.05) is 19.9 Å². The van der Waals surface area contributed by atoms with Crippen LogP contribution in [-0.2, 0) is 0 Å². The summed E-state index contributed by atoms with van der Waals surface area (Å²) < 4.78 is 0. The Kier molecular flexibility index (Phi) is 2.07. The lowest BCUT2D eigenvalue weighted by Gasteiger charge is -2.01. The van der Waals surface area contributed by atoms with Crippen LogP contribution in [0, 0.1) is 11.3 Å². The molecule has 2 rings (SSSR count). The van der Waals surface area contributed by atoms with E-state index in [0.29, 0.717) is 17.3 Å². The molecular weight excluding hydrogens is 182 g/mol. The molecule has 2 atom stereocenters. The molecule has 2 heteroatoms. The highest BCUT2D eigenvalue weighted by Gasteiger charge is 2.57. The topological polar surface area (TPSA) is 12.9 Å². The molecule has 1 fully saturated rings. The molecule has 2 unspecified atom stereocenters. The zero-order valence-corrected chi connectivity index (χ0v) is 8.75. The van der Waals surface area contributed by atoms with Gasteiger partial charge in [0, 0.05) is 18.3 Å². The second kappa shape index (κ2) is 2.98. The van der Waals surface area contributed by atoms with E-state index in [9.17, 15) is 0 Å². The van der Waals surface area contributed by atoms with Gasteiger partial charge in [0.15, 0.2) is 0 Å². The van der Waals surface area contributed by atoms with Crippen LogP contribution < -0.4 is 0 Å². The predicted molar refractivity (Wildman–Crippen MR) is 55.0 cm³/mol. The van der Waals surface area contributed by atoms with Crippen LogP contribution in [-0.4, -0.2) is 10.9 Å². The zero-order chi connectivity index (χ0) is 9.47. The number of hydrogen-bond donors (Lipinski definition) is 0. The van der Waals surface area contributed by atoms with Crippen LogP contribution in [0.25, 0.3) is 0 Å². The Labute approximate surface area is 84.1 Å². The molecule has 13 heavy (non-hydrogen) atoms. The van der Waals surface area contributed by atoms with Crippen LogP contribution in [0.3, 0.4) is 0 Å². The van der Waals surface area contributed by atoms with Gasteiger partial charge in [-0.15, -0.1) is 11.6 Å². The third kappa shape index (κ3) is 1.35. The molecule has 0 N–H and O–H groups in total. The summed E-state index contributed by atoms with van der Waals surface area (Å²) in [5.74, 6) is 1.99. The van der Waals surface area contributed by atoms with Crippen LogP contribution in [0.15, 0.2) is 24.5 Å². The third-order valence-electron chi connectivity index (χ3n) is 3.26. The van der Waals surface area contributed by atoms with Crippen molar-refractivity contribution in [3.63, 3.8) is 0 Å². The first-order valence-electron chi connectivity index (χ1n) is 4.64. The Morgan fingerprint density at radius 2 is 2.31 bits per heavy atom. The summed E-state index contributed by atoms with van der Waals surface area (Å²) in [7, 11) is 0. The summed E-state index contributed by atoms with van der Waals surface area (Å²) in [6.45, 7) is 4.55. The molecule has 0 aromatic carbocycles. The third-order valence-corrected chi connectivity index (χ3v) is 3.59. The second-order valence-corrected chi connectivity index (χ2v) is 4.65. The van der Waals surface area contributed by atoms with E-state index >= 15 is 0 Å². The van der Waals surface area contributed by atoms with E-state index in [4.69, 9.17) is 11.6 Å². The number of alkyl halides is 1. The smallest absolute Gasteiger partial charge is 0.0303 e. The number of nitrogens with zero attached hydrogens (tertiary/aromatic N) is 1. The summed E-state index contributed by atoms with van der Waals surface area (Å²) in [6.07, 6.45) is 3.77. The van der Waals surface area contributed by atoms with Gasteiger partial charge < -0.3 is 0 Å². The molecular formula is C11H14ClN. The van der Waals surface area contributed by atoms with Crippen molar-refractivity contribution in [3.8, 4) is 0 Å². The lowest BCUT2D eigenvalue weighted by atomic mass is 10.1. The number of aromatic nitrogens is 1. The minimum Gasteiger partial charge on any atom is -0.264 e. The van der Waals surface area contributed by atoms with Gasteiger partial charge >= 0.3 is 0 Å². The fourth-order valence-corrected chi connectivity index (χ4v) is 2.83. The molecule has 1 aromatic heterocycles. The molecule has 1 heterocycles. The first-order chi connectivity index (χ1) is 6.18. The number of rotatable bonds is 2. The highest BCUT2D eigenvalue weighted by Crippen LogP contribution is 2.64. The van der Waals surface area contributed by atoms with Gasteiger partial charge in [0.25, 0.3) is 0 Å². The van der Waals surface area contributed by atoms with Gasteiger partial charge in [-0.05, 0) is 28.9 Å². The highest BCUT2D eigenvalue weighted by atomic mass is 35.5. The summed E-state index contributed by atoms with van der Waals surface area (Å²) in [5, 5.41) is 0. The molecule has 1 aliphatic carbocycles. The summed E-state index contributed by atoms with van der Waals surface area (Å²) in [6, 6.07) is 4.14. The lowest BCUT2D eigenvalue weighted by Crippen LogP contribution is -1.91. The normalized spacial score (nSPS) is 30.1. The Morgan fingerprint density at radius 1 is 1.54 bits per heavy atom. The van der Waals surface area contributed by atoms with E-state index in [1.165, 1.54) is 5.56 Å². The van der Waals surface area contributed by atoms with E-state index in [-0.39, 0.29) is 0 Å². The van der Waals surface area contributed by atoms with Crippen molar-refractivity contribution >= 4 is 11.6 Å². The van der Waals surface area contributed by atoms with E-state index in [2.05, 4.69) is 24.9 Å². The molecule has 0 amide bonds. The summed E-state index contributed by atoms with van der Waals surface area (Å²) in [4.78, 5) is 4.14. The number of pyridine rings is 1. The van der Waals surface area contributed by atoms with Gasteiger partial charge in [-0.3, -0.25) is 4.98 Å². The van der Waals surface area contributed by atoms with Crippen molar-refractivity contribution < 1.29 is 0 Å². The van der Waals surface area contributed by atoms with Crippen molar-refractivity contribution in [1.29, 1.82) is 0 Å². The second-order valence-electron chi connectivity index (χ2n) is 4.35. The van der Waals surface area contributed by atoms with Crippen molar-refractivity contribution in [2.75, 3.05) is 5.88 Å². The Bertz CT molecular complexity index is 294. The number of halogens is 1. The van der Waals surface area contributed by atoms with E-state index < -0.39 is 0 Å². The van der Waals surface area contributed by atoms with Crippen LogP contribution in [0.2, 0.25) is 0 Å². The highest BCUT2D eigenvalue weighted by molar-refractivity contribution is 6.18. The maximum absolute atomic E-state index is 5.91. The standard InChI is InChI=1S/C11H14ClN/c1-11(2)9(6-12)10(11)8-4-3-5-13-7-8/h3-5,7,9-10H,6H2,1-2H3. The minimum absolute atomic E-state index is 0.366. The monoisotopic (exact) mass is 195 g/mol. The molecule has 1 aliphatic rings. The van der Waals surface area contributed by atoms with Gasteiger partial charge in [0.2, 0.25) is 0 Å². The fraction of sp³-hybridized carbons (Fsp3) is 0.545. The predicted octanol–water partition coefficient (Wildman–Crippen LogP) is 3.06. The fourth-order valence-electron chi connectivity index (χ4n) is 2.25. The molecule has 0 bridgehead atoms. The SMILES string of the molecule is CC1(C)C(CCl)C1c1cccnc1. The quantitative estimate of drug-likeness (QED) is 0.661. The van der Waals surface area contributed by atoms with Gasteiger partial charge in [0.1, 0.15) is 0 Å². The largest absolute Gasteiger partial charge is 0.264 e. The van der Waals surface area contributed by atoms with E-state index in [1.807, 2.05) is 18.5 Å². The molecule has 70 valence electrons. The zero-order valence-electron chi connectivity index (χ0n) is 8.00. The van der Waals surface area contributed by atoms with Crippen LogP contribution in [0.1, 0.15) is 25.3 Å². The van der Waals surface area contributed by atoms with E-state index in [1.54, 1.807) is 0 Å². The van der Waals surface area contributed by atoms with E-state index in [0.717, 1.165) is 5.88 Å². The van der Waals surface area contributed by atoms with Crippen molar-refractivity contribution in [1.82, 2.24) is 4.98 Å². The van der Waals surface area contributed by atoms with Crippen molar-refractivity contribution in [3.05, 3.63) is 30.1 Å². The maximum atomic E-state index is 5.91. The van der Waals surface area contributed by atoms with Crippen LogP contribution >= 0.6 is 11.6 Å². The molecule has 0 aliphatic heterocycles. The van der Waals surface area contributed by atoms with Gasteiger partial charge in [-0.2, -0.15) is 0 Å². The summed E-state index contributed by atoms with van der Waals surface area (Å²) in [5.41, 5.74) is 1.70. The Hall–Kier alpha value is -0.560. The Morgan fingerprint density at radius 3 is 2.77 bits per heavy atom. The lowest BCUT2D eigenvalue weighted by molar-refractivity contribution is 0.577. The maximum Gasteiger partial charge on any atom is 0.0303 e. The molecule has 0 spiro atoms. The molecule has 1 nitrogen and oxygen atoms in total. The average molecular weight is 196 g/mol. The first kappa shape index (κ1) is 9.01. The van der Waals surface area contributed by atoms with Crippen LogP contribution in [0.4, 0.5) is 0 Å². The van der Waals surface area contributed by atoms with Crippen LogP contribution in [0.5, 0.6) is 0 Å². The van der Waals surface area contributed by atoms with Gasteiger partial charge in [0.05, 0.1) is 0 Å². The summed E-state index contributed by atoms with van der Waals surface area (Å²) >= 11 is 5.91. The van der Waals surface area contributed by atoms with Gasteiger partial charge in [-0.25, -0.2) is 0 Å². The molecule has 0 radical (unpaired) electrons. The first-order valence-corrected chi connectivity index (χ1v) is 5.17. The number of hydrogen-bond acceptors (Lipinski definition) is 1. The molecule has 1 aromatic rings. The molecule has 0 saturated heterocycles.